The van der Waals surface area contributed by atoms with Gasteiger partial charge in [0.2, 0.25) is 0 Å². The highest BCUT2D eigenvalue weighted by atomic mass is 16.5. The number of rotatable bonds is 5. The Morgan fingerprint density at radius 1 is 1.33 bits per heavy atom. The SMILES string of the molecule is C[C@H](NC(=O)c1cc(C2CC2)on1)C1(N2CCOCC2)CCCC1. The van der Waals surface area contributed by atoms with Crippen LogP contribution in [0.15, 0.2) is 10.6 Å². The first-order valence-electron chi connectivity index (χ1n) is 9.29. The van der Waals surface area contributed by atoms with Crippen LogP contribution in [0.1, 0.15) is 67.6 Å². The number of aromatic nitrogens is 1. The Morgan fingerprint density at radius 2 is 2.04 bits per heavy atom. The summed E-state index contributed by atoms with van der Waals surface area (Å²) in [5.41, 5.74) is 0.474. The van der Waals surface area contributed by atoms with Crippen molar-refractivity contribution in [2.45, 2.75) is 62.9 Å². The summed E-state index contributed by atoms with van der Waals surface area (Å²) >= 11 is 0. The Hall–Kier alpha value is -1.40. The van der Waals surface area contributed by atoms with Crippen molar-refractivity contribution in [2.24, 2.45) is 0 Å². The van der Waals surface area contributed by atoms with Crippen LogP contribution in [-0.4, -0.2) is 53.8 Å². The molecule has 24 heavy (non-hydrogen) atoms. The lowest BCUT2D eigenvalue weighted by Crippen LogP contribution is -2.62. The smallest absolute Gasteiger partial charge is 0.273 e. The van der Waals surface area contributed by atoms with Crippen LogP contribution in [0, 0.1) is 0 Å². The average molecular weight is 333 g/mol. The Balaban J connectivity index is 1.45. The monoisotopic (exact) mass is 333 g/mol. The first-order chi connectivity index (χ1) is 11.7. The number of nitrogens with zero attached hydrogens (tertiary/aromatic N) is 2. The van der Waals surface area contributed by atoms with Crippen molar-refractivity contribution in [3.05, 3.63) is 17.5 Å². The second-order valence-corrected chi connectivity index (χ2v) is 7.49. The van der Waals surface area contributed by atoms with Crippen molar-refractivity contribution < 1.29 is 14.1 Å². The van der Waals surface area contributed by atoms with Gasteiger partial charge in [-0.1, -0.05) is 18.0 Å². The maximum Gasteiger partial charge on any atom is 0.273 e. The van der Waals surface area contributed by atoms with Gasteiger partial charge in [0, 0.05) is 36.7 Å². The first-order valence-corrected chi connectivity index (χ1v) is 9.29. The predicted octanol–water partition coefficient (Wildman–Crippen LogP) is 2.32. The average Bonchev–Trinajstić information content (AvgIpc) is 3.14. The molecule has 0 aromatic carbocycles. The lowest BCUT2D eigenvalue weighted by atomic mass is 9.86. The Bertz CT molecular complexity index is 584. The lowest BCUT2D eigenvalue weighted by molar-refractivity contribution is -0.0323. The molecule has 4 rings (SSSR count). The van der Waals surface area contributed by atoms with E-state index in [1.165, 1.54) is 12.8 Å². The van der Waals surface area contributed by atoms with Gasteiger partial charge in [-0.25, -0.2) is 0 Å². The summed E-state index contributed by atoms with van der Waals surface area (Å²) in [6.45, 7) is 5.62. The fourth-order valence-corrected chi connectivity index (χ4v) is 4.38. The van der Waals surface area contributed by atoms with Crippen molar-refractivity contribution in [3.8, 4) is 0 Å². The van der Waals surface area contributed by atoms with E-state index in [1.54, 1.807) is 0 Å². The molecule has 0 unspecified atom stereocenters. The zero-order valence-electron chi connectivity index (χ0n) is 14.4. The number of carbonyl (C=O) groups is 1. The molecule has 0 spiro atoms. The molecule has 6 heteroatoms. The van der Waals surface area contributed by atoms with Crippen molar-refractivity contribution >= 4 is 5.91 Å². The molecule has 1 aromatic rings. The van der Waals surface area contributed by atoms with E-state index < -0.39 is 0 Å². The number of nitrogens with one attached hydrogen (secondary N) is 1. The molecule has 2 saturated carbocycles. The summed E-state index contributed by atoms with van der Waals surface area (Å²) in [5.74, 6) is 1.22. The summed E-state index contributed by atoms with van der Waals surface area (Å²) < 4.78 is 10.8. The van der Waals surface area contributed by atoms with Gasteiger partial charge in [-0.15, -0.1) is 0 Å². The normalized spacial score (nSPS) is 25.5. The van der Waals surface area contributed by atoms with Crippen LogP contribution >= 0.6 is 0 Å². The van der Waals surface area contributed by atoms with Gasteiger partial charge in [0.1, 0.15) is 5.76 Å². The molecular weight excluding hydrogens is 306 g/mol. The summed E-state index contributed by atoms with van der Waals surface area (Å²) in [7, 11) is 0. The fourth-order valence-electron chi connectivity index (χ4n) is 4.38. The molecule has 132 valence electrons. The van der Waals surface area contributed by atoms with E-state index in [9.17, 15) is 4.79 Å². The molecule has 0 radical (unpaired) electrons. The molecular formula is C18H27N3O3. The van der Waals surface area contributed by atoms with E-state index in [-0.39, 0.29) is 17.5 Å². The Morgan fingerprint density at radius 3 is 2.71 bits per heavy atom. The molecule has 1 aromatic heterocycles. The first kappa shape index (κ1) is 16.1. The summed E-state index contributed by atoms with van der Waals surface area (Å²) in [4.78, 5) is 15.2. The number of carbonyl (C=O) groups excluding carboxylic acids is 1. The fraction of sp³-hybridized carbons (Fsp3) is 0.778. The van der Waals surface area contributed by atoms with Gasteiger partial charge in [-0.05, 0) is 32.6 Å². The molecule has 6 nitrogen and oxygen atoms in total. The molecule has 1 aliphatic heterocycles. The number of amides is 1. The minimum absolute atomic E-state index is 0.0580. The highest BCUT2D eigenvalue weighted by Gasteiger charge is 2.45. The number of morpholine rings is 1. The topological polar surface area (TPSA) is 67.6 Å². The van der Waals surface area contributed by atoms with Gasteiger partial charge >= 0.3 is 0 Å². The molecule has 1 saturated heterocycles. The van der Waals surface area contributed by atoms with E-state index in [2.05, 4.69) is 22.3 Å². The number of hydrogen-bond donors (Lipinski definition) is 1. The van der Waals surface area contributed by atoms with Crippen molar-refractivity contribution in [2.75, 3.05) is 26.3 Å². The Labute approximate surface area is 142 Å². The van der Waals surface area contributed by atoms with Gasteiger partial charge in [0.15, 0.2) is 5.69 Å². The van der Waals surface area contributed by atoms with Crippen LogP contribution in [0.25, 0.3) is 0 Å². The molecule has 2 aliphatic carbocycles. The second-order valence-electron chi connectivity index (χ2n) is 7.49. The number of hydrogen-bond acceptors (Lipinski definition) is 5. The maximum atomic E-state index is 12.6. The van der Waals surface area contributed by atoms with Gasteiger partial charge in [-0.3, -0.25) is 9.69 Å². The summed E-state index contributed by atoms with van der Waals surface area (Å²) in [6.07, 6.45) is 7.03. The third kappa shape index (κ3) is 2.97. The van der Waals surface area contributed by atoms with Gasteiger partial charge < -0.3 is 14.6 Å². The molecule has 3 fully saturated rings. The Kier molecular flexibility index (Phi) is 4.35. The molecule has 0 bridgehead atoms. The van der Waals surface area contributed by atoms with Crippen LogP contribution in [0.3, 0.4) is 0 Å². The zero-order valence-corrected chi connectivity index (χ0v) is 14.4. The molecule has 1 amide bonds. The van der Waals surface area contributed by atoms with Gasteiger partial charge in [-0.2, -0.15) is 0 Å². The molecule has 3 aliphatic rings. The second kappa shape index (κ2) is 6.48. The minimum atomic E-state index is -0.113. The lowest BCUT2D eigenvalue weighted by Gasteiger charge is -2.47. The van der Waals surface area contributed by atoms with E-state index in [0.717, 1.165) is 57.7 Å². The number of ether oxygens (including phenoxy) is 1. The third-order valence-electron chi connectivity index (χ3n) is 6.00. The summed E-state index contributed by atoms with van der Waals surface area (Å²) in [5, 5.41) is 7.18. The van der Waals surface area contributed by atoms with Crippen LogP contribution in [0.4, 0.5) is 0 Å². The minimum Gasteiger partial charge on any atom is -0.379 e. The standard InChI is InChI=1S/C18H27N3O3/c1-13(18(6-2-3-7-18)21-8-10-23-11-9-21)19-17(22)15-12-16(24-20-15)14-4-5-14/h12-14H,2-11H2,1H3,(H,19,22)/t13-/m0/s1. The van der Waals surface area contributed by atoms with Gasteiger partial charge in [0.05, 0.1) is 13.2 Å². The molecule has 2 heterocycles. The van der Waals surface area contributed by atoms with Crippen molar-refractivity contribution in [3.63, 3.8) is 0 Å². The van der Waals surface area contributed by atoms with E-state index in [0.29, 0.717) is 11.6 Å². The van der Waals surface area contributed by atoms with Crippen LogP contribution in [0.5, 0.6) is 0 Å². The van der Waals surface area contributed by atoms with Crippen LogP contribution in [0.2, 0.25) is 0 Å². The highest BCUT2D eigenvalue weighted by Crippen LogP contribution is 2.40. The van der Waals surface area contributed by atoms with Crippen molar-refractivity contribution in [1.82, 2.24) is 15.4 Å². The third-order valence-corrected chi connectivity index (χ3v) is 6.00. The van der Waals surface area contributed by atoms with Crippen LogP contribution in [-0.2, 0) is 4.74 Å². The van der Waals surface area contributed by atoms with E-state index in [4.69, 9.17) is 9.26 Å². The molecule has 1 atom stereocenters. The van der Waals surface area contributed by atoms with Gasteiger partial charge in [0.25, 0.3) is 5.91 Å². The molecule has 1 N–H and O–H groups in total. The zero-order chi connectivity index (χ0) is 16.6. The summed E-state index contributed by atoms with van der Waals surface area (Å²) in [6, 6.07) is 1.90. The maximum absolute atomic E-state index is 12.6. The quantitative estimate of drug-likeness (QED) is 0.896. The van der Waals surface area contributed by atoms with Crippen molar-refractivity contribution in [1.29, 1.82) is 0 Å². The largest absolute Gasteiger partial charge is 0.379 e. The van der Waals surface area contributed by atoms with E-state index in [1.807, 2.05) is 6.07 Å². The van der Waals surface area contributed by atoms with E-state index >= 15 is 0 Å². The highest BCUT2D eigenvalue weighted by molar-refractivity contribution is 5.92. The predicted molar refractivity (Wildman–Crippen MR) is 89.0 cm³/mol. The van der Waals surface area contributed by atoms with Crippen LogP contribution < -0.4 is 5.32 Å².